The van der Waals surface area contributed by atoms with Crippen molar-refractivity contribution < 1.29 is 9.23 Å². The van der Waals surface area contributed by atoms with E-state index in [1.165, 1.54) is 6.07 Å². The van der Waals surface area contributed by atoms with E-state index < -0.39 is 0 Å². The summed E-state index contributed by atoms with van der Waals surface area (Å²) in [5, 5.41) is 0. The Hall–Kier alpha value is -0.450. The highest BCUT2D eigenvalue weighted by molar-refractivity contribution is 9.10. The lowest BCUT2D eigenvalue weighted by molar-refractivity contribution is 0.115. The summed E-state index contributed by atoms with van der Waals surface area (Å²) < 4.78 is 14.3. The highest BCUT2D eigenvalue weighted by atomic mass is 79.9. The summed E-state index contributed by atoms with van der Waals surface area (Å²) in [6.45, 7) is 0.394. The van der Waals surface area contributed by atoms with Crippen LogP contribution in [0.5, 0.6) is 0 Å². The first-order valence-corrected chi connectivity index (χ1v) is 5.24. The van der Waals surface area contributed by atoms with Gasteiger partial charge in [0.25, 0.3) is 0 Å². The zero-order valence-electron chi connectivity index (χ0n) is 7.59. The summed E-state index contributed by atoms with van der Waals surface area (Å²) in [5.74, 6) is 4.85. The first kappa shape index (κ1) is 10.1. The van der Waals surface area contributed by atoms with Crippen molar-refractivity contribution >= 4 is 15.9 Å². The van der Waals surface area contributed by atoms with E-state index in [9.17, 15) is 4.39 Å². The van der Waals surface area contributed by atoms with Gasteiger partial charge in [0.05, 0.1) is 6.61 Å². The van der Waals surface area contributed by atoms with Gasteiger partial charge in [-0.2, -0.15) is 0 Å². The molecule has 0 saturated heterocycles. The maximum absolute atomic E-state index is 13.6. The molecular weight excluding hydrogens is 249 g/mol. The molecule has 0 aromatic heterocycles. The zero-order chi connectivity index (χ0) is 10.2. The number of hydrogen-bond donors (Lipinski definition) is 1. The Bertz CT molecular complexity index is 352. The second-order valence-corrected chi connectivity index (χ2v) is 4.63. The molecule has 1 aliphatic carbocycles. The van der Waals surface area contributed by atoms with Crippen LogP contribution in [0.3, 0.4) is 0 Å². The van der Waals surface area contributed by atoms with Crippen LogP contribution in [0.25, 0.3) is 0 Å². The van der Waals surface area contributed by atoms with Crippen molar-refractivity contribution in [1.29, 1.82) is 0 Å². The molecule has 0 atom stereocenters. The van der Waals surface area contributed by atoms with E-state index in [1.807, 2.05) is 6.07 Å². The van der Waals surface area contributed by atoms with Crippen LogP contribution in [0.1, 0.15) is 18.4 Å². The van der Waals surface area contributed by atoms with E-state index in [4.69, 9.17) is 5.90 Å². The number of hydrogen-bond acceptors (Lipinski definition) is 2. The molecule has 0 heterocycles. The monoisotopic (exact) mass is 259 g/mol. The molecule has 14 heavy (non-hydrogen) atoms. The Kier molecular flexibility index (Phi) is 2.60. The molecule has 76 valence electrons. The minimum absolute atomic E-state index is 0.167. The minimum Gasteiger partial charge on any atom is -0.304 e. The second-order valence-electron chi connectivity index (χ2n) is 3.72. The standard InChI is InChI=1S/C10H11BrFNO/c11-7-1-2-8(9(12)5-7)10(3-4-10)6-14-13/h1-2,5H,3-4,6,13H2. The Morgan fingerprint density at radius 2 is 2.21 bits per heavy atom. The van der Waals surface area contributed by atoms with Gasteiger partial charge in [-0.1, -0.05) is 22.0 Å². The van der Waals surface area contributed by atoms with Gasteiger partial charge in [-0.15, -0.1) is 0 Å². The van der Waals surface area contributed by atoms with Crippen LogP contribution in [0.15, 0.2) is 22.7 Å². The van der Waals surface area contributed by atoms with Crippen molar-refractivity contribution in [2.75, 3.05) is 6.61 Å². The van der Waals surface area contributed by atoms with E-state index in [0.29, 0.717) is 12.2 Å². The Morgan fingerprint density at radius 1 is 1.50 bits per heavy atom. The van der Waals surface area contributed by atoms with Crippen molar-refractivity contribution in [3.63, 3.8) is 0 Å². The van der Waals surface area contributed by atoms with Gasteiger partial charge in [-0.25, -0.2) is 10.3 Å². The number of benzene rings is 1. The van der Waals surface area contributed by atoms with Crippen molar-refractivity contribution in [3.05, 3.63) is 34.1 Å². The SMILES string of the molecule is NOCC1(c2ccc(Br)cc2F)CC1. The lowest BCUT2D eigenvalue weighted by Gasteiger charge is -2.14. The summed E-state index contributed by atoms with van der Waals surface area (Å²) in [6.07, 6.45) is 1.89. The quantitative estimate of drug-likeness (QED) is 0.847. The maximum atomic E-state index is 13.6. The summed E-state index contributed by atoms with van der Waals surface area (Å²) in [4.78, 5) is 4.63. The van der Waals surface area contributed by atoms with Crippen LogP contribution in [-0.4, -0.2) is 6.61 Å². The first-order valence-electron chi connectivity index (χ1n) is 4.45. The third kappa shape index (κ3) is 1.69. The van der Waals surface area contributed by atoms with Gasteiger partial charge in [0.1, 0.15) is 5.82 Å². The van der Waals surface area contributed by atoms with Gasteiger partial charge in [-0.05, 0) is 30.5 Å². The Morgan fingerprint density at radius 3 is 2.71 bits per heavy atom. The summed E-state index contributed by atoms with van der Waals surface area (Å²) >= 11 is 3.23. The van der Waals surface area contributed by atoms with Gasteiger partial charge < -0.3 is 4.84 Å². The molecule has 0 amide bonds. The average Bonchev–Trinajstić information content (AvgIpc) is 2.86. The van der Waals surface area contributed by atoms with Crippen LogP contribution in [0.4, 0.5) is 4.39 Å². The molecule has 0 spiro atoms. The van der Waals surface area contributed by atoms with Crippen LogP contribution in [0.2, 0.25) is 0 Å². The van der Waals surface area contributed by atoms with Gasteiger partial charge in [0.15, 0.2) is 0 Å². The molecule has 0 unspecified atom stereocenters. The summed E-state index contributed by atoms with van der Waals surface area (Å²) in [5.41, 5.74) is 0.547. The molecule has 1 fully saturated rings. The van der Waals surface area contributed by atoms with Crippen molar-refractivity contribution in [2.24, 2.45) is 5.90 Å². The van der Waals surface area contributed by atoms with E-state index in [-0.39, 0.29) is 11.2 Å². The molecule has 2 nitrogen and oxygen atoms in total. The smallest absolute Gasteiger partial charge is 0.128 e. The second kappa shape index (κ2) is 3.61. The lowest BCUT2D eigenvalue weighted by Crippen LogP contribution is -2.19. The third-order valence-electron chi connectivity index (χ3n) is 2.72. The summed E-state index contributed by atoms with van der Waals surface area (Å²) in [6, 6.07) is 5.12. The van der Waals surface area contributed by atoms with Crippen molar-refractivity contribution in [3.8, 4) is 0 Å². The first-order chi connectivity index (χ1) is 6.68. The maximum Gasteiger partial charge on any atom is 0.128 e. The average molecular weight is 260 g/mol. The van der Waals surface area contributed by atoms with Gasteiger partial charge in [0.2, 0.25) is 0 Å². The predicted octanol–water partition coefficient (Wildman–Crippen LogP) is 2.51. The fourth-order valence-corrected chi connectivity index (χ4v) is 2.05. The molecule has 2 rings (SSSR count). The topological polar surface area (TPSA) is 35.2 Å². The van der Waals surface area contributed by atoms with Crippen LogP contribution >= 0.6 is 15.9 Å². The predicted molar refractivity (Wildman–Crippen MR) is 55.2 cm³/mol. The van der Waals surface area contributed by atoms with Gasteiger partial charge in [0, 0.05) is 9.89 Å². The van der Waals surface area contributed by atoms with E-state index in [2.05, 4.69) is 20.8 Å². The minimum atomic E-state index is -0.186. The highest BCUT2D eigenvalue weighted by Gasteiger charge is 2.46. The van der Waals surface area contributed by atoms with Crippen molar-refractivity contribution in [2.45, 2.75) is 18.3 Å². The van der Waals surface area contributed by atoms with E-state index >= 15 is 0 Å². The number of halogens is 2. The molecule has 1 aromatic carbocycles. The number of rotatable bonds is 3. The summed E-state index contributed by atoms with van der Waals surface area (Å²) in [7, 11) is 0. The van der Waals surface area contributed by atoms with Gasteiger partial charge in [-0.3, -0.25) is 0 Å². The Balaban J connectivity index is 2.32. The normalized spacial score (nSPS) is 18.2. The largest absolute Gasteiger partial charge is 0.304 e. The van der Waals surface area contributed by atoms with E-state index in [1.54, 1.807) is 6.07 Å². The molecule has 0 bridgehead atoms. The molecule has 2 N–H and O–H groups in total. The molecule has 1 saturated carbocycles. The Labute approximate surface area is 90.3 Å². The molecule has 0 aliphatic heterocycles. The molecule has 4 heteroatoms. The highest BCUT2D eigenvalue weighted by Crippen LogP contribution is 2.49. The fraction of sp³-hybridized carbons (Fsp3) is 0.400. The zero-order valence-corrected chi connectivity index (χ0v) is 9.18. The molecule has 1 aliphatic rings. The third-order valence-corrected chi connectivity index (χ3v) is 3.21. The van der Waals surface area contributed by atoms with E-state index in [0.717, 1.165) is 17.3 Å². The van der Waals surface area contributed by atoms with Gasteiger partial charge >= 0.3 is 0 Å². The van der Waals surface area contributed by atoms with Crippen molar-refractivity contribution in [1.82, 2.24) is 0 Å². The number of nitrogens with two attached hydrogens (primary N) is 1. The molecule has 0 radical (unpaired) electrons. The molecule has 1 aromatic rings. The van der Waals surface area contributed by atoms with Crippen LogP contribution < -0.4 is 5.90 Å². The molecular formula is C10H11BrFNO. The van der Waals surface area contributed by atoms with Crippen LogP contribution in [0, 0.1) is 5.82 Å². The van der Waals surface area contributed by atoms with Crippen LogP contribution in [-0.2, 0) is 10.3 Å². The lowest BCUT2D eigenvalue weighted by atomic mass is 9.96. The fourth-order valence-electron chi connectivity index (χ4n) is 1.72.